The van der Waals surface area contributed by atoms with Gasteiger partial charge in [-0.25, -0.2) is 0 Å². The van der Waals surface area contributed by atoms with Gasteiger partial charge in [0.1, 0.15) is 0 Å². The first kappa shape index (κ1) is 24.6. The predicted molar refractivity (Wildman–Crippen MR) is 42.4 cm³/mol. The second-order valence-electron chi connectivity index (χ2n) is 0.577. The van der Waals surface area contributed by atoms with Crippen LogP contribution in [0.25, 0.3) is 0 Å². The van der Waals surface area contributed by atoms with E-state index in [9.17, 15) is 0 Å². The summed E-state index contributed by atoms with van der Waals surface area (Å²) in [5.74, 6) is 0. The lowest BCUT2D eigenvalue weighted by Gasteiger charge is -1.76. The first-order valence-electron chi connectivity index (χ1n) is 2.40. The van der Waals surface area contributed by atoms with Crippen LogP contribution >= 0.6 is 0 Å². The zero-order valence-electron chi connectivity index (χ0n) is 5.12. The van der Waals surface area contributed by atoms with Crippen LogP contribution in [-0.4, -0.2) is 13.7 Å². The summed E-state index contributed by atoms with van der Waals surface area (Å²) in [4.78, 5) is 0. The number of hydrogen-bond donors (Lipinski definition) is 0. The Labute approximate surface area is 55.1 Å². The van der Waals surface area contributed by atoms with Crippen molar-refractivity contribution < 1.29 is 4.74 Å². The molecule has 0 unspecified atom stereocenters. The number of rotatable bonds is 1. The van der Waals surface area contributed by atoms with Crippen LogP contribution in [0.3, 0.4) is 0 Å². The first-order chi connectivity index (χ1) is 2.91. The van der Waals surface area contributed by atoms with Crippen molar-refractivity contribution in [2.45, 2.75) is 35.6 Å². The minimum Gasteiger partial charge on any atom is -0.385 e. The molecular formula is C7H22O. The molecule has 0 saturated heterocycles. The van der Waals surface area contributed by atoms with Gasteiger partial charge in [-0.2, -0.15) is 0 Å². The van der Waals surface area contributed by atoms with Crippen LogP contribution in [0, 0.1) is 0 Å². The maximum atomic E-state index is 4.54. The van der Waals surface area contributed by atoms with E-state index in [4.69, 9.17) is 0 Å². The van der Waals surface area contributed by atoms with Crippen LogP contribution in [-0.2, 0) is 4.74 Å². The Hall–Kier alpha value is -0.0400. The monoisotopic (exact) mass is 122 g/mol. The summed E-state index contributed by atoms with van der Waals surface area (Å²) in [6, 6.07) is 0. The van der Waals surface area contributed by atoms with E-state index in [1.54, 1.807) is 7.11 Å². The molecule has 0 aromatic carbocycles. The third kappa shape index (κ3) is 159. The molecule has 0 aliphatic heterocycles. The SMILES string of the molecule is C.C.CC.CCOC. The second kappa shape index (κ2) is 64.4. The van der Waals surface area contributed by atoms with Crippen molar-refractivity contribution in [3.8, 4) is 0 Å². The summed E-state index contributed by atoms with van der Waals surface area (Å²) < 4.78 is 4.54. The normalized spacial score (nSPS) is 4.50. The van der Waals surface area contributed by atoms with Crippen molar-refractivity contribution >= 4 is 0 Å². The predicted octanol–water partition coefficient (Wildman–Crippen LogP) is 2.95. The number of methoxy groups -OCH3 is 1. The van der Waals surface area contributed by atoms with E-state index in [2.05, 4.69) is 4.74 Å². The fraction of sp³-hybridized carbons (Fsp3) is 1.00. The lowest BCUT2D eigenvalue weighted by molar-refractivity contribution is 0.215. The van der Waals surface area contributed by atoms with E-state index >= 15 is 0 Å². The van der Waals surface area contributed by atoms with Gasteiger partial charge in [0, 0.05) is 13.7 Å². The van der Waals surface area contributed by atoms with Gasteiger partial charge in [-0.05, 0) is 6.92 Å². The smallest absolute Gasteiger partial charge is 0.0433 e. The van der Waals surface area contributed by atoms with Crippen LogP contribution < -0.4 is 0 Å². The van der Waals surface area contributed by atoms with Crippen LogP contribution in [0.4, 0.5) is 0 Å². The summed E-state index contributed by atoms with van der Waals surface area (Å²) in [5.41, 5.74) is 0. The highest BCUT2D eigenvalue weighted by molar-refractivity contribution is 3.94. The van der Waals surface area contributed by atoms with E-state index in [0.29, 0.717) is 0 Å². The zero-order valence-corrected chi connectivity index (χ0v) is 5.12. The highest BCUT2D eigenvalue weighted by Gasteiger charge is 1.51. The summed E-state index contributed by atoms with van der Waals surface area (Å²) in [7, 11) is 1.68. The Balaban J connectivity index is -0.0000000183. The highest BCUT2D eigenvalue weighted by Crippen LogP contribution is 1.52. The van der Waals surface area contributed by atoms with E-state index < -0.39 is 0 Å². The van der Waals surface area contributed by atoms with Gasteiger partial charge in [-0.1, -0.05) is 28.7 Å². The van der Waals surface area contributed by atoms with Crippen molar-refractivity contribution in [3.05, 3.63) is 0 Å². The van der Waals surface area contributed by atoms with Gasteiger partial charge < -0.3 is 4.74 Å². The van der Waals surface area contributed by atoms with Crippen molar-refractivity contribution in [2.24, 2.45) is 0 Å². The van der Waals surface area contributed by atoms with E-state index in [1.165, 1.54) is 0 Å². The van der Waals surface area contributed by atoms with Gasteiger partial charge in [-0.15, -0.1) is 0 Å². The van der Waals surface area contributed by atoms with Crippen molar-refractivity contribution in [2.75, 3.05) is 13.7 Å². The lowest BCUT2D eigenvalue weighted by Crippen LogP contribution is -1.73. The molecule has 8 heavy (non-hydrogen) atoms. The fourth-order valence-corrected chi connectivity index (χ4v) is 0. The maximum absolute atomic E-state index is 4.54. The summed E-state index contributed by atoms with van der Waals surface area (Å²) in [6.45, 7) is 6.78. The molecule has 0 spiro atoms. The molecule has 0 rings (SSSR count). The summed E-state index contributed by atoms with van der Waals surface area (Å²) in [6.07, 6.45) is 0. The molecule has 0 N–H and O–H groups in total. The van der Waals surface area contributed by atoms with E-state index in [-0.39, 0.29) is 14.9 Å². The first-order valence-corrected chi connectivity index (χ1v) is 2.40. The molecule has 0 atom stereocenters. The topological polar surface area (TPSA) is 9.23 Å². The third-order valence-corrected chi connectivity index (χ3v) is 0.289. The van der Waals surface area contributed by atoms with Gasteiger partial charge >= 0.3 is 0 Å². The Kier molecular flexibility index (Phi) is 198. The average molecular weight is 122 g/mol. The molecule has 0 amide bonds. The molecule has 0 radical (unpaired) electrons. The molecule has 1 nitrogen and oxygen atoms in total. The zero-order chi connectivity index (χ0) is 5.41. The molecule has 0 fully saturated rings. The van der Waals surface area contributed by atoms with Crippen molar-refractivity contribution in [1.29, 1.82) is 0 Å². The third-order valence-electron chi connectivity index (χ3n) is 0.289. The van der Waals surface area contributed by atoms with Crippen LogP contribution in [0.5, 0.6) is 0 Å². The van der Waals surface area contributed by atoms with Crippen LogP contribution in [0.2, 0.25) is 0 Å². The summed E-state index contributed by atoms with van der Waals surface area (Å²) in [5, 5.41) is 0. The van der Waals surface area contributed by atoms with Gasteiger partial charge in [0.05, 0.1) is 0 Å². The highest BCUT2D eigenvalue weighted by atomic mass is 16.5. The molecule has 0 aromatic heterocycles. The van der Waals surface area contributed by atoms with E-state index in [0.717, 1.165) is 6.61 Å². The average Bonchev–Trinajstić information content (AvgIpc) is 1.72. The van der Waals surface area contributed by atoms with Crippen molar-refractivity contribution in [3.63, 3.8) is 0 Å². The number of ether oxygens (including phenoxy) is 1. The largest absolute Gasteiger partial charge is 0.385 e. The molecule has 0 aliphatic rings. The quantitative estimate of drug-likeness (QED) is 0.519. The molecule has 0 bridgehead atoms. The van der Waals surface area contributed by atoms with Gasteiger partial charge in [-0.3, -0.25) is 0 Å². The fourth-order valence-electron chi connectivity index (χ4n) is 0. The molecule has 56 valence electrons. The van der Waals surface area contributed by atoms with Gasteiger partial charge in [0.25, 0.3) is 0 Å². The minimum absolute atomic E-state index is 0. The number of hydrogen-bond acceptors (Lipinski definition) is 1. The van der Waals surface area contributed by atoms with Crippen LogP contribution in [0.15, 0.2) is 0 Å². The Morgan fingerprint density at radius 3 is 1.25 bits per heavy atom. The van der Waals surface area contributed by atoms with E-state index in [1.807, 2.05) is 20.8 Å². The van der Waals surface area contributed by atoms with Gasteiger partial charge in [0.2, 0.25) is 0 Å². The second-order valence-corrected chi connectivity index (χ2v) is 0.577. The van der Waals surface area contributed by atoms with Gasteiger partial charge in [0.15, 0.2) is 0 Å². The Morgan fingerprint density at radius 1 is 1.12 bits per heavy atom. The minimum atomic E-state index is 0. The molecule has 0 aromatic rings. The standard InChI is InChI=1S/C3H8O.C2H6.2CH4/c1-3-4-2;1-2;;/h3H2,1-2H3;1-2H3;2*1H4. The Morgan fingerprint density at radius 2 is 1.25 bits per heavy atom. The maximum Gasteiger partial charge on any atom is 0.0433 e. The van der Waals surface area contributed by atoms with Crippen molar-refractivity contribution in [1.82, 2.24) is 0 Å². The van der Waals surface area contributed by atoms with Crippen LogP contribution in [0.1, 0.15) is 35.6 Å². The Bertz CT molecular complexity index is 6.35. The molecule has 0 saturated carbocycles. The molecular weight excluding hydrogens is 100 g/mol. The lowest BCUT2D eigenvalue weighted by atomic mass is 10.9. The molecule has 0 aliphatic carbocycles. The summed E-state index contributed by atoms with van der Waals surface area (Å²) >= 11 is 0. The molecule has 0 heterocycles. The molecule has 1 heteroatoms.